The van der Waals surface area contributed by atoms with Gasteiger partial charge >= 0.3 is 0 Å². The van der Waals surface area contributed by atoms with Crippen LogP contribution in [0.1, 0.15) is 11.5 Å². The van der Waals surface area contributed by atoms with Crippen molar-refractivity contribution in [3.63, 3.8) is 0 Å². The number of furan rings is 1. The molecular weight excluding hydrogens is 384 g/mol. The summed E-state index contributed by atoms with van der Waals surface area (Å²) in [7, 11) is -2.37. The van der Waals surface area contributed by atoms with E-state index in [4.69, 9.17) is 13.9 Å². The maximum absolute atomic E-state index is 13.0. The standard InChI is InChI=1S/C19H22N2O6S/c1-14-3-5-16(27-14)6-8-19(22)20-15-4-7-17(25-2)18(13-15)28(23,24)21-9-11-26-12-10-21/h3-8,13H,9-12H2,1-2H3,(H,20,22)/b8-6+. The fourth-order valence-electron chi connectivity index (χ4n) is 2.77. The van der Waals surface area contributed by atoms with Gasteiger partial charge in [0.15, 0.2) is 0 Å². The summed E-state index contributed by atoms with van der Waals surface area (Å²) in [5, 5.41) is 2.66. The number of carbonyl (C=O) groups is 1. The van der Waals surface area contributed by atoms with E-state index in [1.807, 2.05) is 6.92 Å². The Labute approximate surface area is 163 Å². The van der Waals surface area contributed by atoms with Crippen LogP contribution in [0.3, 0.4) is 0 Å². The van der Waals surface area contributed by atoms with Crippen LogP contribution in [0.5, 0.6) is 5.75 Å². The fraction of sp³-hybridized carbons (Fsp3) is 0.316. The van der Waals surface area contributed by atoms with Gasteiger partial charge in [0.1, 0.15) is 22.2 Å². The lowest BCUT2D eigenvalue weighted by Gasteiger charge is -2.26. The number of hydrogen-bond donors (Lipinski definition) is 1. The number of methoxy groups -OCH3 is 1. The normalized spacial score (nSPS) is 15.6. The average Bonchev–Trinajstić information content (AvgIpc) is 3.12. The van der Waals surface area contributed by atoms with E-state index in [1.165, 1.54) is 35.7 Å². The Morgan fingerprint density at radius 1 is 1.21 bits per heavy atom. The van der Waals surface area contributed by atoms with Crippen LogP contribution in [-0.4, -0.2) is 52.0 Å². The monoisotopic (exact) mass is 406 g/mol. The predicted molar refractivity (Wildman–Crippen MR) is 104 cm³/mol. The summed E-state index contributed by atoms with van der Waals surface area (Å²) in [5.41, 5.74) is 0.345. The number of sulfonamides is 1. The van der Waals surface area contributed by atoms with Gasteiger partial charge in [0.25, 0.3) is 0 Å². The number of aryl methyl sites for hydroxylation is 1. The first-order valence-corrected chi connectivity index (χ1v) is 10.2. The molecule has 1 aliphatic heterocycles. The lowest BCUT2D eigenvalue weighted by molar-refractivity contribution is -0.111. The van der Waals surface area contributed by atoms with Crippen molar-refractivity contribution in [2.75, 3.05) is 38.7 Å². The Morgan fingerprint density at radius 3 is 2.61 bits per heavy atom. The van der Waals surface area contributed by atoms with Gasteiger partial charge in [-0.25, -0.2) is 8.42 Å². The minimum absolute atomic E-state index is 0.000314. The van der Waals surface area contributed by atoms with Gasteiger partial charge in [0, 0.05) is 24.9 Å². The minimum Gasteiger partial charge on any atom is -0.495 e. The van der Waals surface area contributed by atoms with Crippen molar-refractivity contribution < 1.29 is 27.1 Å². The van der Waals surface area contributed by atoms with Crippen molar-refractivity contribution in [3.05, 3.63) is 47.9 Å². The number of benzene rings is 1. The second-order valence-electron chi connectivity index (χ2n) is 6.15. The number of nitrogens with one attached hydrogen (secondary N) is 1. The Hall–Kier alpha value is -2.62. The molecule has 1 aliphatic rings. The highest BCUT2D eigenvalue weighted by Gasteiger charge is 2.29. The van der Waals surface area contributed by atoms with Crippen molar-refractivity contribution in [2.45, 2.75) is 11.8 Å². The maximum atomic E-state index is 13.0. The summed E-state index contributed by atoms with van der Waals surface area (Å²) in [6.45, 7) is 3.04. The summed E-state index contributed by atoms with van der Waals surface area (Å²) in [6.07, 6.45) is 2.86. The van der Waals surface area contributed by atoms with Crippen LogP contribution in [0.25, 0.3) is 6.08 Å². The predicted octanol–water partition coefficient (Wildman–Crippen LogP) is 2.27. The van der Waals surface area contributed by atoms with Crippen LogP contribution in [0.4, 0.5) is 5.69 Å². The van der Waals surface area contributed by atoms with E-state index >= 15 is 0 Å². The van der Waals surface area contributed by atoms with Crippen molar-refractivity contribution in [2.24, 2.45) is 0 Å². The number of carbonyl (C=O) groups excluding carboxylic acids is 1. The Bertz CT molecular complexity index is 974. The number of amides is 1. The molecule has 150 valence electrons. The zero-order valence-electron chi connectivity index (χ0n) is 15.7. The van der Waals surface area contributed by atoms with Crippen molar-refractivity contribution >= 4 is 27.7 Å². The highest BCUT2D eigenvalue weighted by molar-refractivity contribution is 7.89. The molecule has 0 aliphatic carbocycles. The zero-order valence-corrected chi connectivity index (χ0v) is 16.5. The third-order valence-electron chi connectivity index (χ3n) is 4.18. The van der Waals surface area contributed by atoms with Crippen molar-refractivity contribution in [3.8, 4) is 5.75 Å². The Morgan fingerprint density at radius 2 is 1.96 bits per heavy atom. The van der Waals surface area contributed by atoms with Gasteiger partial charge in [-0.15, -0.1) is 0 Å². The van der Waals surface area contributed by atoms with E-state index in [-0.39, 0.29) is 23.7 Å². The minimum atomic E-state index is -3.77. The van der Waals surface area contributed by atoms with Crippen LogP contribution in [-0.2, 0) is 19.6 Å². The molecule has 9 heteroatoms. The molecule has 0 unspecified atom stereocenters. The Kier molecular flexibility index (Phi) is 6.18. The van der Waals surface area contributed by atoms with Gasteiger partial charge in [-0.2, -0.15) is 4.31 Å². The van der Waals surface area contributed by atoms with Crippen molar-refractivity contribution in [1.29, 1.82) is 0 Å². The van der Waals surface area contributed by atoms with Gasteiger partial charge in [-0.1, -0.05) is 0 Å². The third-order valence-corrected chi connectivity index (χ3v) is 6.10. The number of rotatable bonds is 6. The quantitative estimate of drug-likeness (QED) is 0.739. The lowest BCUT2D eigenvalue weighted by Crippen LogP contribution is -2.40. The topological polar surface area (TPSA) is 98.1 Å². The maximum Gasteiger partial charge on any atom is 0.248 e. The molecule has 8 nitrogen and oxygen atoms in total. The molecule has 1 N–H and O–H groups in total. The third kappa shape index (κ3) is 4.61. The van der Waals surface area contributed by atoms with Gasteiger partial charge in [-0.05, 0) is 43.3 Å². The molecule has 2 heterocycles. The second kappa shape index (κ2) is 8.59. The first-order valence-electron chi connectivity index (χ1n) is 8.71. The number of nitrogens with zero attached hydrogens (tertiary/aromatic N) is 1. The molecule has 0 radical (unpaired) electrons. The number of anilines is 1. The van der Waals surface area contributed by atoms with Gasteiger partial charge in [0.2, 0.25) is 15.9 Å². The largest absolute Gasteiger partial charge is 0.495 e. The van der Waals surface area contributed by atoms with Gasteiger partial charge in [-0.3, -0.25) is 4.79 Å². The molecule has 0 atom stereocenters. The molecule has 1 aromatic carbocycles. The number of ether oxygens (including phenoxy) is 2. The lowest BCUT2D eigenvalue weighted by atomic mass is 10.3. The van der Waals surface area contributed by atoms with Crippen LogP contribution in [0.15, 0.2) is 45.7 Å². The zero-order chi connectivity index (χ0) is 20.1. The molecule has 1 fully saturated rings. The molecule has 2 aromatic rings. The molecule has 0 bridgehead atoms. The molecule has 1 amide bonds. The smallest absolute Gasteiger partial charge is 0.248 e. The average molecular weight is 406 g/mol. The SMILES string of the molecule is COc1ccc(NC(=O)/C=C/c2ccc(C)o2)cc1S(=O)(=O)N1CCOCC1. The number of hydrogen-bond acceptors (Lipinski definition) is 6. The highest BCUT2D eigenvalue weighted by atomic mass is 32.2. The summed E-state index contributed by atoms with van der Waals surface area (Å²) < 4.78 is 43.1. The van der Waals surface area contributed by atoms with Crippen molar-refractivity contribution in [1.82, 2.24) is 4.31 Å². The second-order valence-corrected chi connectivity index (χ2v) is 8.06. The molecule has 0 saturated carbocycles. The first-order chi connectivity index (χ1) is 13.4. The van der Waals surface area contributed by atoms with Crippen LogP contribution >= 0.6 is 0 Å². The summed E-state index contributed by atoms with van der Waals surface area (Å²) >= 11 is 0. The summed E-state index contributed by atoms with van der Waals surface area (Å²) in [6, 6.07) is 8.04. The van der Waals surface area contributed by atoms with Gasteiger partial charge in [0.05, 0.1) is 20.3 Å². The van der Waals surface area contributed by atoms with Gasteiger partial charge < -0.3 is 19.2 Å². The molecule has 28 heavy (non-hydrogen) atoms. The molecule has 0 spiro atoms. The van der Waals surface area contributed by atoms with E-state index in [9.17, 15) is 13.2 Å². The highest BCUT2D eigenvalue weighted by Crippen LogP contribution is 2.30. The first kappa shape index (κ1) is 20.1. The van der Waals surface area contributed by atoms with E-state index in [0.29, 0.717) is 24.7 Å². The fourth-order valence-corrected chi connectivity index (χ4v) is 4.36. The van der Waals surface area contributed by atoms with Crippen LogP contribution in [0, 0.1) is 6.92 Å². The van der Waals surface area contributed by atoms with E-state index in [2.05, 4.69) is 5.32 Å². The number of morpholine rings is 1. The van der Waals surface area contributed by atoms with Crippen LogP contribution in [0.2, 0.25) is 0 Å². The van der Waals surface area contributed by atoms with E-state index in [1.54, 1.807) is 18.2 Å². The molecule has 1 aromatic heterocycles. The van der Waals surface area contributed by atoms with Crippen LogP contribution < -0.4 is 10.1 Å². The summed E-state index contributed by atoms with van der Waals surface area (Å²) in [5.74, 6) is 1.10. The molecule has 1 saturated heterocycles. The Balaban J connectivity index is 1.80. The van der Waals surface area contributed by atoms with E-state index < -0.39 is 15.9 Å². The molecule has 3 rings (SSSR count). The molecular formula is C19H22N2O6S. The summed E-state index contributed by atoms with van der Waals surface area (Å²) in [4.78, 5) is 12.2. The van der Waals surface area contributed by atoms with E-state index in [0.717, 1.165) is 5.76 Å².